The van der Waals surface area contributed by atoms with Crippen LogP contribution in [0.2, 0.25) is 0 Å². The van der Waals surface area contributed by atoms with Crippen molar-refractivity contribution < 1.29 is 13.9 Å². The lowest BCUT2D eigenvalue weighted by Gasteiger charge is -2.22. The summed E-state index contributed by atoms with van der Waals surface area (Å²) in [5.74, 6) is 1.02. The topological polar surface area (TPSA) is 93.0 Å². The van der Waals surface area contributed by atoms with Crippen molar-refractivity contribution in [2.45, 2.75) is 44.1 Å². The molecule has 2 aromatic carbocycles. The number of fused-ring (bicyclic) bond motifs is 1. The van der Waals surface area contributed by atoms with Gasteiger partial charge in [0.1, 0.15) is 11.6 Å². The summed E-state index contributed by atoms with van der Waals surface area (Å²) < 4.78 is 11.4. The maximum absolute atomic E-state index is 12.5. The summed E-state index contributed by atoms with van der Waals surface area (Å²) in [7, 11) is 0. The lowest BCUT2D eigenvalue weighted by Crippen LogP contribution is -2.36. The monoisotopic (exact) mass is 476 g/mol. The molecule has 0 unspecified atom stereocenters. The smallest absolute Gasteiger partial charge is 0.408 e. The van der Waals surface area contributed by atoms with Crippen LogP contribution in [0.3, 0.4) is 0 Å². The van der Waals surface area contributed by atoms with E-state index in [0.717, 1.165) is 22.0 Å². The molecule has 8 heteroatoms. The fourth-order valence-corrected chi connectivity index (χ4v) is 4.04. The number of rotatable bonds is 8. The van der Waals surface area contributed by atoms with E-state index in [0.29, 0.717) is 23.3 Å². The molecule has 0 fully saturated rings. The summed E-state index contributed by atoms with van der Waals surface area (Å²) in [6.45, 7) is 5.48. The van der Waals surface area contributed by atoms with E-state index in [9.17, 15) is 4.79 Å². The maximum Gasteiger partial charge on any atom is 0.408 e. The Bertz CT molecular complexity index is 1260. The van der Waals surface area contributed by atoms with Crippen LogP contribution >= 0.6 is 11.8 Å². The van der Waals surface area contributed by atoms with Crippen LogP contribution < -0.4 is 5.32 Å². The molecule has 1 atom stereocenters. The van der Waals surface area contributed by atoms with Crippen LogP contribution in [0.15, 0.2) is 76.5 Å². The Balaban J connectivity index is 1.47. The minimum absolute atomic E-state index is 0.339. The van der Waals surface area contributed by atoms with Gasteiger partial charge in [0.2, 0.25) is 5.89 Å². The predicted molar refractivity (Wildman–Crippen MR) is 135 cm³/mol. The van der Waals surface area contributed by atoms with Crippen LogP contribution in [-0.2, 0) is 11.2 Å². The number of benzene rings is 2. The van der Waals surface area contributed by atoms with Crippen molar-refractivity contribution in [1.82, 2.24) is 20.5 Å². The maximum atomic E-state index is 12.5. The number of para-hydroxylation sites is 1. The number of hydrogen-bond donors (Lipinski definition) is 2. The van der Waals surface area contributed by atoms with Crippen LogP contribution in [0.25, 0.3) is 17.0 Å². The average molecular weight is 477 g/mol. The Labute approximate surface area is 203 Å². The van der Waals surface area contributed by atoms with Gasteiger partial charge in [-0.25, -0.2) is 4.79 Å². The zero-order valence-electron chi connectivity index (χ0n) is 19.4. The number of nitrogens with one attached hydrogen (secondary N) is 2. The molecule has 7 nitrogen and oxygen atoms in total. The van der Waals surface area contributed by atoms with Gasteiger partial charge >= 0.3 is 6.09 Å². The second kappa shape index (κ2) is 10.6. The van der Waals surface area contributed by atoms with Gasteiger partial charge in [-0.05, 0) is 38.0 Å². The fraction of sp³-hybridized carbons (Fsp3) is 0.269. The molecule has 2 N–H and O–H groups in total. The van der Waals surface area contributed by atoms with Crippen molar-refractivity contribution in [2.24, 2.45) is 0 Å². The SMILES string of the molecule is CC(C)(C)OC(=O)N[C@@H](Cc1c[nH]c2ccccc12)c1nnc(SC/C=C/c2ccccc2)o1. The number of aromatic amines is 1. The van der Waals surface area contributed by atoms with E-state index in [4.69, 9.17) is 9.15 Å². The Hall–Kier alpha value is -3.52. The van der Waals surface area contributed by atoms with E-state index in [-0.39, 0.29) is 0 Å². The number of ether oxygens (including phenoxy) is 1. The van der Waals surface area contributed by atoms with Gasteiger partial charge in [0, 0.05) is 29.3 Å². The molecular formula is C26H28N4O3S. The van der Waals surface area contributed by atoms with Crippen molar-refractivity contribution in [1.29, 1.82) is 0 Å². The largest absolute Gasteiger partial charge is 0.444 e. The third-order valence-electron chi connectivity index (χ3n) is 4.92. The van der Waals surface area contributed by atoms with Gasteiger partial charge in [0.05, 0.1) is 0 Å². The quantitative estimate of drug-likeness (QED) is 0.296. The van der Waals surface area contributed by atoms with Gasteiger partial charge in [-0.15, -0.1) is 10.2 Å². The summed E-state index contributed by atoms with van der Waals surface area (Å²) in [5.41, 5.74) is 2.58. The Morgan fingerprint density at radius 2 is 1.91 bits per heavy atom. The third-order valence-corrected chi connectivity index (χ3v) is 5.69. The Kier molecular flexibility index (Phi) is 7.37. The minimum Gasteiger partial charge on any atom is -0.444 e. The molecule has 4 rings (SSSR count). The number of carbonyl (C=O) groups is 1. The number of thioether (sulfide) groups is 1. The number of hydrogen-bond acceptors (Lipinski definition) is 6. The van der Waals surface area contributed by atoms with E-state index in [1.807, 2.05) is 93.7 Å². The van der Waals surface area contributed by atoms with Crippen LogP contribution in [-0.4, -0.2) is 32.6 Å². The van der Waals surface area contributed by atoms with E-state index in [1.165, 1.54) is 11.8 Å². The molecule has 0 aliphatic rings. The number of aromatic nitrogens is 3. The average Bonchev–Trinajstić information content (AvgIpc) is 3.43. The van der Waals surface area contributed by atoms with Gasteiger partial charge < -0.3 is 19.5 Å². The highest BCUT2D eigenvalue weighted by atomic mass is 32.2. The molecule has 0 saturated heterocycles. The molecule has 0 bridgehead atoms. The molecule has 0 aliphatic heterocycles. The number of nitrogens with zero attached hydrogens (tertiary/aromatic N) is 2. The zero-order valence-corrected chi connectivity index (χ0v) is 20.3. The molecule has 0 aliphatic carbocycles. The van der Waals surface area contributed by atoms with Crippen LogP contribution in [0.5, 0.6) is 0 Å². The first-order valence-corrected chi connectivity index (χ1v) is 12.1. The molecule has 34 heavy (non-hydrogen) atoms. The van der Waals surface area contributed by atoms with Gasteiger partial charge in [0.25, 0.3) is 5.22 Å². The number of H-pyrrole nitrogens is 1. The summed E-state index contributed by atoms with van der Waals surface area (Å²) in [4.78, 5) is 15.8. The van der Waals surface area contributed by atoms with E-state index < -0.39 is 17.7 Å². The first-order valence-electron chi connectivity index (χ1n) is 11.1. The standard InChI is InChI=1S/C26H28N4O3S/c1-26(2,3)33-24(31)28-22(16-19-17-27-21-14-8-7-13-20(19)21)23-29-30-25(32-23)34-15-9-12-18-10-5-4-6-11-18/h4-14,17,22,27H,15-16H2,1-3H3,(H,28,31)/b12-9+/t22-/m0/s1. The third kappa shape index (κ3) is 6.51. The van der Waals surface area contributed by atoms with Gasteiger partial charge in [-0.3, -0.25) is 0 Å². The van der Waals surface area contributed by atoms with E-state index >= 15 is 0 Å². The molecule has 176 valence electrons. The summed E-state index contributed by atoms with van der Waals surface area (Å²) in [5, 5.41) is 12.8. The fourth-order valence-electron chi connectivity index (χ4n) is 3.46. The predicted octanol–water partition coefficient (Wildman–Crippen LogP) is 6.16. The molecule has 1 amide bonds. The highest BCUT2D eigenvalue weighted by Gasteiger charge is 2.26. The number of carbonyl (C=O) groups excluding carboxylic acids is 1. The molecule has 2 aromatic heterocycles. The summed E-state index contributed by atoms with van der Waals surface area (Å²) in [6, 6.07) is 17.6. The van der Waals surface area contributed by atoms with Crippen LogP contribution in [0.1, 0.15) is 43.8 Å². The number of amides is 1. The van der Waals surface area contributed by atoms with Crippen LogP contribution in [0, 0.1) is 0 Å². The van der Waals surface area contributed by atoms with Crippen molar-refractivity contribution in [2.75, 3.05) is 5.75 Å². The second-order valence-corrected chi connectivity index (χ2v) is 9.76. The van der Waals surface area contributed by atoms with Crippen molar-refractivity contribution >= 4 is 34.8 Å². The Morgan fingerprint density at radius 1 is 1.15 bits per heavy atom. The van der Waals surface area contributed by atoms with Crippen molar-refractivity contribution in [3.8, 4) is 0 Å². The summed E-state index contributed by atoms with van der Waals surface area (Å²) >= 11 is 1.44. The molecular weight excluding hydrogens is 448 g/mol. The van der Waals surface area contributed by atoms with Gasteiger partial charge in [-0.2, -0.15) is 0 Å². The lowest BCUT2D eigenvalue weighted by molar-refractivity contribution is 0.0494. The van der Waals surface area contributed by atoms with Gasteiger partial charge in [0.15, 0.2) is 0 Å². The minimum atomic E-state index is -0.615. The molecule has 0 spiro atoms. The highest BCUT2D eigenvalue weighted by Crippen LogP contribution is 2.26. The van der Waals surface area contributed by atoms with Crippen molar-refractivity contribution in [3.63, 3.8) is 0 Å². The first-order chi connectivity index (χ1) is 16.4. The molecule has 2 heterocycles. The highest BCUT2D eigenvalue weighted by molar-refractivity contribution is 7.99. The molecule has 4 aromatic rings. The zero-order chi connectivity index (χ0) is 24.0. The van der Waals surface area contributed by atoms with Crippen molar-refractivity contribution in [3.05, 3.63) is 83.9 Å². The van der Waals surface area contributed by atoms with E-state index in [1.54, 1.807) is 0 Å². The lowest BCUT2D eigenvalue weighted by atomic mass is 10.1. The Morgan fingerprint density at radius 3 is 2.71 bits per heavy atom. The van der Waals surface area contributed by atoms with Gasteiger partial charge in [-0.1, -0.05) is 72.4 Å². The van der Waals surface area contributed by atoms with Crippen LogP contribution in [0.4, 0.5) is 4.79 Å². The van der Waals surface area contributed by atoms with E-state index in [2.05, 4.69) is 20.5 Å². The molecule has 0 saturated carbocycles. The summed E-state index contributed by atoms with van der Waals surface area (Å²) in [6.07, 6.45) is 5.98. The second-order valence-electron chi connectivity index (χ2n) is 8.79. The molecule has 0 radical (unpaired) electrons. The first kappa shape index (κ1) is 23.6. The normalized spacial score (nSPS) is 12.8. The number of alkyl carbamates (subject to hydrolysis) is 1.